The van der Waals surface area contributed by atoms with Crippen LogP contribution in [0.15, 0.2) is 23.1 Å². The minimum Gasteiger partial charge on any atom is -0.383 e. The summed E-state index contributed by atoms with van der Waals surface area (Å²) in [5, 5.41) is 12.5. The first kappa shape index (κ1) is 12.3. The van der Waals surface area contributed by atoms with Crippen molar-refractivity contribution in [2.45, 2.75) is 25.2 Å². The van der Waals surface area contributed by atoms with Gasteiger partial charge in [0.1, 0.15) is 0 Å². The SMILES string of the molecule is CC(C)C(C#N)Cc1ccc2c(c1)SCCN2. The Kier molecular flexibility index (Phi) is 3.96. The van der Waals surface area contributed by atoms with Crippen LogP contribution in [0.1, 0.15) is 19.4 Å². The van der Waals surface area contributed by atoms with Crippen molar-refractivity contribution in [2.75, 3.05) is 17.6 Å². The molecule has 17 heavy (non-hydrogen) atoms. The second kappa shape index (κ2) is 5.46. The fourth-order valence-corrected chi connectivity index (χ4v) is 2.94. The maximum atomic E-state index is 9.13. The van der Waals surface area contributed by atoms with Crippen LogP contribution < -0.4 is 5.32 Å². The number of benzene rings is 1. The zero-order chi connectivity index (χ0) is 12.3. The molecule has 0 aromatic heterocycles. The Bertz CT molecular complexity index is 434. The smallest absolute Gasteiger partial charge is 0.0661 e. The third-order valence-electron chi connectivity index (χ3n) is 3.15. The number of anilines is 1. The van der Waals surface area contributed by atoms with E-state index in [1.54, 1.807) is 0 Å². The Morgan fingerprint density at radius 1 is 1.47 bits per heavy atom. The Morgan fingerprint density at radius 2 is 2.29 bits per heavy atom. The summed E-state index contributed by atoms with van der Waals surface area (Å²) in [6.45, 7) is 5.27. The molecule has 0 fully saturated rings. The van der Waals surface area contributed by atoms with E-state index in [1.807, 2.05) is 11.8 Å². The largest absolute Gasteiger partial charge is 0.383 e. The number of nitrogens with one attached hydrogen (secondary N) is 1. The van der Waals surface area contributed by atoms with E-state index >= 15 is 0 Å². The van der Waals surface area contributed by atoms with Gasteiger partial charge in [-0.1, -0.05) is 19.9 Å². The summed E-state index contributed by atoms with van der Waals surface area (Å²) in [6.07, 6.45) is 0.863. The predicted octanol–water partition coefficient (Wildman–Crippen LogP) is 3.54. The van der Waals surface area contributed by atoms with E-state index in [-0.39, 0.29) is 5.92 Å². The highest BCUT2D eigenvalue weighted by atomic mass is 32.2. The van der Waals surface area contributed by atoms with Gasteiger partial charge in [0.25, 0.3) is 0 Å². The van der Waals surface area contributed by atoms with Crippen LogP contribution in [0.2, 0.25) is 0 Å². The molecule has 1 aliphatic heterocycles. The third-order valence-corrected chi connectivity index (χ3v) is 4.20. The minimum absolute atomic E-state index is 0.120. The van der Waals surface area contributed by atoms with Crippen molar-refractivity contribution in [1.82, 2.24) is 0 Å². The van der Waals surface area contributed by atoms with Crippen LogP contribution in [0.5, 0.6) is 0 Å². The van der Waals surface area contributed by atoms with Crippen molar-refractivity contribution >= 4 is 17.4 Å². The number of nitriles is 1. The van der Waals surface area contributed by atoms with Crippen molar-refractivity contribution in [3.8, 4) is 6.07 Å². The third kappa shape index (κ3) is 2.95. The molecule has 1 aliphatic rings. The van der Waals surface area contributed by atoms with E-state index in [1.165, 1.54) is 16.1 Å². The molecule has 1 heterocycles. The predicted molar refractivity (Wildman–Crippen MR) is 73.3 cm³/mol. The van der Waals surface area contributed by atoms with Crippen LogP contribution in [-0.4, -0.2) is 12.3 Å². The van der Waals surface area contributed by atoms with Crippen molar-refractivity contribution in [1.29, 1.82) is 5.26 Å². The van der Waals surface area contributed by atoms with Gasteiger partial charge in [-0.3, -0.25) is 0 Å². The molecular weight excluding hydrogens is 228 g/mol. The lowest BCUT2D eigenvalue weighted by molar-refractivity contribution is 0.473. The van der Waals surface area contributed by atoms with Crippen LogP contribution in [0.25, 0.3) is 0 Å². The van der Waals surface area contributed by atoms with Crippen LogP contribution >= 0.6 is 11.8 Å². The van der Waals surface area contributed by atoms with Gasteiger partial charge in [-0.25, -0.2) is 0 Å². The normalized spacial score (nSPS) is 15.9. The number of thioether (sulfide) groups is 1. The summed E-state index contributed by atoms with van der Waals surface area (Å²) in [4.78, 5) is 1.33. The Labute approximate surface area is 107 Å². The molecule has 0 saturated heterocycles. The summed E-state index contributed by atoms with van der Waals surface area (Å²) in [7, 11) is 0. The second-order valence-electron chi connectivity index (χ2n) is 4.79. The number of rotatable bonds is 3. The number of hydrogen-bond acceptors (Lipinski definition) is 3. The van der Waals surface area contributed by atoms with E-state index in [0.717, 1.165) is 18.7 Å². The first-order valence-electron chi connectivity index (χ1n) is 6.10. The number of hydrogen-bond donors (Lipinski definition) is 1. The molecule has 1 aromatic rings. The van der Waals surface area contributed by atoms with Crippen LogP contribution in [-0.2, 0) is 6.42 Å². The molecule has 0 radical (unpaired) electrons. The topological polar surface area (TPSA) is 35.8 Å². The molecular formula is C14H18N2S. The average Bonchev–Trinajstić information content (AvgIpc) is 2.35. The Hall–Kier alpha value is -1.14. The van der Waals surface area contributed by atoms with Crippen LogP contribution in [0.3, 0.4) is 0 Å². The molecule has 1 atom stereocenters. The van der Waals surface area contributed by atoms with Gasteiger partial charge in [0.15, 0.2) is 0 Å². The van der Waals surface area contributed by atoms with Crippen molar-refractivity contribution in [3.05, 3.63) is 23.8 Å². The molecule has 1 unspecified atom stereocenters. The first-order chi connectivity index (χ1) is 8.20. The van der Waals surface area contributed by atoms with Crippen LogP contribution in [0, 0.1) is 23.2 Å². The molecule has 90 valence electrons. The van der Waals surface area contributed by atoms with E-state index in [0.29, 0.717) is 5.92 Å². The molecule has 3 heteroatoms. The maximum absolute atomic E-state index is 9.13. The van der Waals surface area contributed by atoms with Gasteiger partial charge in [0, 0.05) is 22.9 Å². The molecule has 0 saturated carbocycles. The monoisotopic (exact) mass is 246 g/mol. The summed E-state index contributed by atoms with van der Waals surface area (Å²) in [6, 6.07) is 8.93. The van der Waals surface area contributed by atoms with E-state index < -0.39 is 0 Å². The molecule has 0 amide bonds. The summed E-state index contributed by atoms with van der Waals surface area (Å²) in [5.74, 6) is 1.67. The number of fused-ring (bicyclic) bond motifs is 1. The maximum Gasteiger partial charge on any atom is 0.0661 e. The van der Waals surface area contributed by atoms with Gasteiger partial charge >= 0.3 is 0 Å². The van der Waals surface area contributed by atoms with E-state index in [4.69, 9.17) is 5.26 Å². The van der Waals surface area contributed by atoms with E-state index in [2.05, 4.69) is 43.4 Å². The minimum atomic E-state index is 0.120. The molecule has 1 aromatic carbocycles. The lowest BCUT2D eigenvalue weighted by Gasteiger charge is -2.19. The summed E-state index contributed by atoms with van der Waals surface area (Å²) in [5.41, 5.74) is 2.52. The average molecular weight is 246 g/mol. The summed E-state index contributed by atoms with van der Waals surface area (Å²) >= 11 is 1.90. The quantitative estimate of drug-likeness (QED) is 0.886. The van der Waals surface area contributed by atoms with Gasteiger partial charge < -0.3 is 5.32 Å². The highest BCUT2D eigenvalue weighted by Crippen LogP contribution is 2.32. The zero-order valence-corrected chi connectivity index (χ0v) is 11.2. The lowest BCUT2D eigenvalue weighted by atomic mass is 9.90. The first-order valence-corrected chi connectivity index (χ1v) is 7.08. The van der Waals surface area contributed by atoms with Crippen LogP contribution in [0.4, 0.5) is 5.69 Å². The fourth-order valence-electron chi connectivity index (χ4n) is 1.99. The van der Waals surface area contributed by atoms with Gasteiger partial charge in [0.2, 0.25) is 0 Å². The highest BCUT2D eigenvalue weighted by Gasteiger charge is 2.15. The molecule has 1 N–H and O–H groups in total. The second-order valence-corrected chi connectivity index (χ2v) is 5.93. The van der Waals surface area contributed by atoms with Gasteiger partial charge in [-0.15, -0.1) is 11.8 Å². The molecule has 0 bridgehead atoms. The summed E-state index contributed by atoms with van der Waals surface area (Å²) < 4.78 is 0. The Balaban J connectivity index is 2.14. The van der Waals surface area contributed by atoms with Crippen molar-refractivity contribution in [3.63, 3.8) is 0 Å². The molecule has 0 spiro atoms. The zero-order valence-electron chi connectivity index (χ0n) is 10.4. The fraction of sp³-hybridized carbons (Fsp3) is 0.500. The molecule has 2 nitrogen and oxygen atoms in total. The molecule has 2 rings (SSSR count). The van der Waals surface area contributed by atoms with Gasteiger partial charge in [-0.2, -0.15) is 5.26 Å². The standard InChI is InChI=1S/C14H18N2S/c1-10(2)12(9-15)7-11-3-4-13-14(8-11)17-6-5-16-13/h3-4,8,10,12,16H,5-7H2,1-2H3. The molecule has 0 aliphatic carbocycles. The van der Waals surface area contributed by atoms with Crippen molar-refractivity contribution < 1.29 is 0 Å². The van der Waals surface area contributed by atoms with Gasteiger partial charge in [0.05, 0.1) is 12.0 Å². The number of nitrogens with zero attached hydrogens (tertiary/aromatic N) is 1. The lowest BCUT2D eigenvalue weighted by Crippen LogP contribution is -2.12. The Morgan fingerprint density at radius 3 is 3.00 bits per heavy atom. The highest BCUT2D eigenvalue weighted by molar-refractivity contribution is 7.99. The van der Waals surface area contributed by atoms with Crippen molar-refractivity contribution in [2.24, 2.45) is 11.8 Å². The van der Waals surface area contributed by atoms with E-state index in [9.17, 15) is 0 Å². The van der Waals surface area contributed by atoms with Gasteiger partial charge in [-0.05, 0) is 30.0 Å².